The van der Waals surface area contributed by atoms with E-state index in [1.54, 1.807) is 19.2 Å². The monoisotopic (exact) mass is 522 g/mol. The summed E-state index contributed by atoms with van der Waals surface area (Å²) in [7, 11) is 3.51. The van der Waals surface area contributed by atoms with Gasteiger partial charge < -0.3 is 19.9 Å². The van der Waals surface area contributed by atoms with Crippen molar-refractivity contribution in [2.45, 2.75) is 18.8 Å². The van der Waals surface area contributed by atoms with Gasteiger partial charge in [-0.1, -0.05) is 12.1 Å². The minimum atomic E-state index is -0.205. The highest BCUT2D eigenvalue weighted by molar-refractivity contribution is 14.0. The van der Waals surface area contributed by atoms with Crippen molar-refractivity contribution >= 4 is 40.8 Å². The van der Waals surface area contributed by atoms with E-state index in [9.17, 15) is 4.39 Å². The maximum Gasteiger partial charge on any atom is 0.193 e. The van der Waals surface area contributed by atoms with Crippen LogP contribution in [0, 0.1) is 5.82 Å². The predicted molar refractivity (Wildman–Crippen MR) is 131 cm³/mol. The number of nitrogens with zero attached hydrogens (tertiary/aromatic N) is 2. The first kappa shape index (κ1) is 22.4. The van der Waals surface area contributed by atoms with Crippen LogP contribution >= 0.6 is 24.0 Å². The molecule has 2 aromatic carbocycles. The summed E-state index contributed by atoms with van der Waals surface area (Å²) in [5.41, 5.74) is 3.41. The summed E-state index contributed by atoms with van der Waals surface area (Å²) >= 11 is 0. The third-order valence-corrected chi connectivity index (χ3v) is 5.69. The van der Waals surface area contributed by atoms with Crippen LogP contribution in [0.4, 0.5) is 4.39 Å². The Labute approximate surface area is 193 Å². The predicted octanol–water partition coefficient (Wildman–Crippen LogP) is 4.54. The molecule has 0 bridgehead atoms. The van der Waals surface area contributed by atoms with E-state index in [2.05, 4.69) is 32.3 Å². The van der Waals surface area contributed by atoms with Gasteiger partial charge >= 0.3 is 0 Å². The van der Waals surface area contributed by atoms with Crippen LogP contribution in [0.25, 0.3) is 10.9 Å². The van der Waals surface area contributed by atoms with E-state index in [1.165, 1.54) is 11.6 Å². The van der Waals surface area contributed by atoms with Gasteiger partial charge in [0, 0.05) is 49.7 Å². The number of ether oxygens (including phenoxy) is 1. The van der Waals surface area contributed by atoms with Crippen LogP contribution in [-0.2, 0) is 6.42 Å². The first-order valence-corrected chi connectivity index (χ1v) is 10.0. The summed E-state index contributed by atoms with van der Waals surface area (Å²) in [4.78, 5) is 9.98. The SMILES string of the molecule is CN=C(NCCc1c[nH]c2ccc(F)cc12)N1CCC(c2ccc(OC)cc2)C1.I. The van der Waals surface area contributed by atoms with Crippen LogP contribution in [-0.4, -0.2) is 49.6 Å². The Morgan fingerprint density at radius 3 is 2.80 bits per heavy atom. The standard InChI is InChI=1S/C23H27FN4O.HI/c1-25-23(26-11-9-17-14-27-22-8-5-19(24)13-21(17)22)28-12-10-18(15-28)16-3-6-20(29-2)7-4-16;/h3-8,13-14,18,27H,9-12,15H2,1-2H3,(H,25,26);1H. The first-order chi connectivity index (χ1) is 14.2. The van der Waals surface area contributed by atoms with E-state index in [-0.39, 0.29) is 29.8 Å². The Bertz CT molecular complexity index is 1000. The van der Waals surface area contributed by atoms with E-state index in [0.29, 0.717) is 5.92 Å². The Morgan fingerprint density at radius 1 is 1.27 bits per heavy atom. The Hall–Kier alpha value is -2.29. The van der Waals surface area contributed by atoms with Crippen molar-refractivity contribution in [3.05, 3.63) is 65.6 Å². The number of H-pyrrole nitrogens is 1. The van der Waals surface area contributed by atoms with Gasteiger partial charge in [-0.2, -0.15) is 0 Å². The van der Waals surface area contributed by atoms with E-state index in [4.69, 9.17) is 4.74 Å². The summed E-state index contributed by atoms with van der Waals surface area (Å²) in [6.07, 6.45) is 3.87. The van der Waals surface area contributed by atoms with Gasteiger partial charge in [-0.15, -0.1) is 24.0 Å². The molecule has 0 spiro atoms. The lowest BCUT2D eigenvalue weighted by Gasteiger charge is -2.22. The van der Waals surface area contributed by atoms with Crippen LogP contribution in [0.3, 0.4) is 0 Å². The van der Waals surface area contributed by atoms with Crippen molar-refractivity contribution in [1.82, 2.24) is 15.2 Å². The summed E-state index contributed by atoms with van der Waals surface area (Å²) in [5.74, 6) is 2.10. The fourth-order valence-electron chi connectivity index (χ4n) is 4.10. The average Bonchev–Trinajstić information content (AvgIpc) is 3.39. The van der Waals surface area contributed by atoms with E-state index in [0.717, 1.165) is 60.7 Å². The third kappa shape index (κ3) is 4.88. The summed E-state index contributed by atoms with van der Waals surface area (Å²) in [6.45, 7) is 2.68. The molecule has 0 saturated carbocycles. The lowest BCUT2D eigenvalue weighted by Crippen LogP contribution is -2.40. The smallest absolute Gasteiger partial charge is 0.193 e. The zero-order chi connectivity index (χ0) is 20.2. The zero-order valence-electron chi connectivity index (χ0n) is 17.3. The van der Waals surface area contributed by atoms with Crippen molar-refractivity contribution in [2.75, 3.05) is 33.8 Å². The number of aromatic amines is 1. The van der Waals surface area contributed by atoms with E-state index < -0.39 is 0 Å². The molecule has 160 valence electrons. The molecule has 30 heavy (non-hydrogen) atoms. The van der Waals surface area contributed by atoms with E-state index >= 15 is 0 Å². The molecule has 1 atom stereocenters. The molecular weight excluding hydrogens is 494 g/mol. The number of methoxy groups -OCH3 is 1. The molecule has 7 heteroatoms. The molecular formula is C23H28FIN4O. The average molecular weight is 522 g/mol. The Balaban J connectivity index is 0.00000256. The van der Waals surface area contributed by atoms with Crippen molar-refractivity contribution in [3.8, 4) is 5.75 Å². The Kier molecular flexibility index (Phi) is 7.58. The molecule has 1 unspecified atom stereocenters. The molecule has 4 rings (SSSR count). The second-order valence-corrected chi connectivity index (χ2v) is 7.43. The molecule has 0 aliphatic carbocycles. The Morgan fingerprint density at radius 2 is 2.07 bits per heavy atom. The second-order valence-electron chi connectivity index (χ2n) is 7.43. The molecule has 2 heterocycles. The normalized spacial score (nSPS) is 16.6. The van der Waals surface area contributed by atoms with Gasteiger partial charge in [0.25, 0.3) is 0 Å². The highest BCUT2D eigenvalue weighted by Gasteiger charge is 2.26. The number of guanidine groups is 1. The fraction of sp³-hybridized carbons (Fsp3) is 0.348. The number of aliphatic imine (C=N–C) groups is 1. The fourth-order valence-corrected chi connectivity index (χ4v) is 4.10. The maximum absolute atomic E-state index is 13.6. The maximum atomic E-state index is 13.6. The molecule has 1 aromatic heterocycles. The number of likely N-dealkylation sites (tertiary alicyclic amines) is 1. The molecule has 1 saturated heterocycles. The molecule has 0 radical (unpaired) electrons. The van der Waals surface area contributed by atoms with Crippen molar-refractivity contribution in [3.63, 3.8) is 0 Å². The number of halogens is 2. The van der Waals surface area contributed by atoms with Crippen molar-refractivity contribution in [2.24, 2.45) is 4.99 Å². The zero-order valence-corrected chi connectivity index (χ0v) is 19.7. The number of benzene rings is 2. The number of hydrogen-bond donors (Lipinski definition) is 2. The molecule has 5 nitrogen and oxygen atoms in total. The molecule has 1 fully saturated rings. The van der Waals surface area contributed by atoms with Crippen LogP contribution < -0.4 is 10.1 Å². The highest BCUT2D eigenvalue weighted by Crippen LogP contribution is 2.28. The lowest BCUT2D eigenvalue weighted by molar-refractivity contribution is 0.414. The summed E-state index contributed by atoms with van der Waals surface area (Å²) < 4.78 is 18.8. The highest BCUT2D eigenvalue weighted by atomic mass is 127. The molecule has 0 amide bonds. The minimum Gasteiger partial charge on any atom is -0.497 e. The summed E-state index contributed by atoms with van der Waals surface area (Å²) in [5, 5.41) is 4.41. The minimum absolute atomic E-state index is 0. The number of fused-ring (bicyclic) bond motifs is 1. The van der Waals surface area contributed by atoms with Gasteiger partial charge in [0.1, 0.15) is 11.6 Å². The summed E-state index contributed by atoms with van der Waals surface area (Å²) in [6, 6.07) is 13.2. The van der Waals surface area contributed by atoms with Crippen molar-refractivity contribution < 1.29 is 9.13 Å². The molecule has 3 aromatic rings. The largest absolute Gasteiger partial charge is 0.497 e. The number of nitrogens with one attached hydrogen (secondary N) is 2. The molecule has 1 aliphatic rings. The quantitative estimate of drug-likeness (QED) is 0.294. The third-order valence-electron chi connectivity index (χ3n) is 5.69. The lowest BCUT2D eigenvalue weighted by atomic mass is 9.98. The van der Waals surface area contributed by atoms with Gasteiger partial charge in [-0.3, -0.25) is 4.99 Å². The van der Waals surface area contributed by atoms with Crippen LogP contribution in [0.5, 0.6) is 5.75 Å². The van der Waals surface area contributed by atoms with Gasteiger partial charge in [0.05, 0.1) is 7.11 Å². The van der Waals surface area contributed by atoms with Gasteiger partial charge in [0.15, 0.2) is 5.96 Å². The molecule has 1 aliphatic heterocycles. The topological polar surface area (TPSA) is 52.7 Å². The van der Waals surface area contributed by atoms with Crippen LogP contribution in [0.1, 0.15) is 23.5 Å². The number of hydrogen-bond acceptors (Lipinski definition) is 2. The second kappa shape index (κ2) is 10.1. The van der Waals surface area contributed by atoms with Gasteiger partial charge in [-0.05, 0) is 54.3 Å². The van der Waals surface area contributed by atoms with Gasteiger partial charge in [-0.25, -0.2) is 4.39 Å². The van der Waals surface area contributed by atoms with Crippen molar-refractivity contribution in [1.29, 1.82) is 0 Å². The van der Waals surface area contributed by atoms with Gasteiger partial charge in [0.2, 0.25) is 0 Å². The van der Waals surface area contributed by atoms with Crippen LogP contribution in [0.2, 0.25) is 0 Å². The first-order valence-electron chi connectivity index (χ1n) is 10.0. The molecule has 2 N–H and O–H groups in total. The van der Waals surface area contributed by atoms with E-state index in [1.807, 2.05) is 25.4 Å². The number of rotatable bonds is 5. The van der Waals surface area contributed by atoms with Crippen LogP contribution in [0.15, 0.2) is 53.7 Å². The number of aromatic nitrogens is 1.